The highest BCUT2D eigenvalue weighted by Crippen LogP contribution is 2.37. The molecule has 1 aromatic carbocycles. The van der Waals surface area contributed by atoms with Crippen molar-refractivity contribution < 1.29 is 0 Å². The van der Waals surface area contributed by atoms with Gasteiger partial charge in [-0.25, -0.2) is 0 Å². The minimum Gasteiger partial charge on any atom is -0.368 e. The number of nitrogens with zero attached hydrogens (tertiary/aromatic N) is 1. The fourth-order valence-electron chi connectivity index (χ4n) is 3.77. The molecule has 98 valence electrons. The number of benzene rings is 1. The Bertz CT molecular complexity index is 379. The molecule has 0 bridgehead atoms. The first-order chi connectivity index (χ1) is 8.88. The Morgan fingerprint density at radius 2 is 1.72 bits per heavy atom. The van der Waals surface area contributed by atoms with Crippen LogP contribution < -0.4 is 10.6 Å². The summed E-state index contributed by atoms with van der Waals surface area (Å²) in [4.78, 5) is 2.65. The summed E-state index contributed by atoms with van der Waals surface area (Å²) in [5, 5.41) is 0. The second-order valence-electron chi connectivity index (χ2n) is 5.82. The zero-order chi connectivity index (χ0) is 12.4. The third-order valence-electron chi connectivity index (χ3n) is 4.75. The van der Waals surface area contributed by atoms with Gasteiger partial charge < -0.3 is 10.6 Å². The molecule has 1 aromatic rings. The molecule has 2 heteroatoms. The van der Waals surface area contributed by atoms with Crippen molar-refractivity contribution in [2.24, 2.45) is 11.7 Å². The van der Waals surface area contributed by atoms with Crippen LogP contribution in [0.25, 0.3) is 0 Å². The molecule has 0 aromatic heterocycles. The van der Waals surface area contributed by atoms with Gasteiger partial charge in [0, 0.05) is 24.8 Å². The lowest BCUT2D eigenvalue weighted by atomic mass is 9.95. The summed E-state index contributed by atoms with van der Waals surface area (Å²) in [5.74, 6) is 0.946. The smallest absolute Gasteiger partial charge is 0.0369 e. The van der Waals surface area contributed by atoms with Crippen molar-refractivity contribution in [3.05, 3.63) is 29.8 Å². The Hall–Kier alpha value is -1.02. The van der Waals surface area contributed by atoms with Crippen LogP contribution in [0, 0.1) is 5.92 Å². The van der Waals surface area contributed by atoms with E-state index < -0.39 is 0 Å². The summed E-state index contributed by atoms with van der Waals surface area (Å²) in [6, 6.07) is 9.68. The van der Waals surface area contributed by atoms with Crippen molar-refractivity contribution in [2.45, 2.75) is 51.1 Å². The van der Waals surface area contributed by atoms with Crippen LogP contribution in [-0.2, 0) is 6.54 Å². The molecule has 1 heterocycles. The first-order valence-corrected chi connectivity index (χ1v) is 7.44. The van der Waals surface area contributed by atoms with Crippen molar-refractivity contribution in [1.82, 2.24) is 0 Å². The zero-order valence-electron chi connectivity index (χ0n) is 11.1. The number of anilines is 1. The molecule has 2 aliphatic rings. The molecule has 0 amide bonds. The zero-order valence-corrected chi connectivity index (χ0v) is 11.1. The molecule has 1 saturated heterocycles. The van der Waals surface area contributed by atoms with E-state index in [0.29, 0.717) is 6.54 Å². The quantitative estimate of drug-likeness (QED) is 0.884. The van der Waals surface area contributed by atoms with Gasteiger partial charge in [-0.2, -0.15) is 0 Å². The molecule has 1 atom stereocenters. The highest BCUT2D eigenvalue weighted by molar-refractivity contribution is 5.49. The fourth-order valence-corrected chi connectivity index (χ4v) is 3.77. The summed E-state index contributed by atoms with van der Waals surface area (Å²) in [6.45, 7) is 1.88. The molecule has 0 radical (unpaired) electrons. The van der Waals surface area contributed by atoms with E-state index in [4.69, 9.17) is 5.73 Å². The first kappa shape index (κ1) is 12.0. The molecule has 1 unspecified atom stereocenters. The van der Waals surface area contributed by atoms with E-state index in [9.17, 15) is 0 Å². The average molecular weight is 244 g/mol. The lowest BCUT2D eigenvalue weighted by Gasteiger charge is -2.31. The molecule has 18 heavy (non-hydrogen) atoms. The van der Waals surface area contributed by atoms with E-state index in [1.165, 1.54) is 56.3 Å². The first-order valence-electron chi connectivity index (χ1n) is 7.44. The Kier molecular flexibility index (Phi) is 3.55. The number of hydrogen-bond acceptors (Lipinski definition) is 2. The van der Waals surface area contributed by atoms with E-state index in [1.54, 1.807) is 0 Å². The maximum absolute atomic E-state index is 5.67. The highest BCUT2D eigenvalue weighted by atomic mass is 15.2. The molecule has 0 spiro atoms. The minimum atomic E-state index is 0.645. The topological polar surface area (TPSA) is 29.3 Å². The number of hydrogen-bond donors (Lipinski definition) is 1. The van der Waals surface area contributed by atoms with Crippen LogP contribution in [-0.4, -0.2) is 12.6 Å². The molecule has 1 aliphatic carbocycles. The normalized spacial score (nSPS) is 24.9. The second kappa shape index (κ2) is 5.31. The van der Waals surface area contributed by atoms with E-state index >= 15 is 0 Å². The molecular formula is C16H24N2. The number of rotatable bonds is 3. The predicted octanol–water partition coefficient (Wildman–Crippen LogP) is 3.30. The van der Waals surface area contributed by atoms with Gasteiger partial charge in [0.2, 0.25) is 0 Å². The lowest BCUT2D eigenvalue weighted by molar-refractivity contribution is 0.431. The van der Waals surface area contributed by atoms with E-state index in [1.807, 2.05) is 0 Å². The van der Waals surface area contributed by atoms with Gasteiger partial charge in [0.1, 0.15) is 0 Å². The van der Waals surface area contributed by atoms with E-state index in [2.05, 4.69) is 29.2 Å². The van der Waals surface area contributed by atoms with Crippen LogP contribution in [0.4, 0.5) is 5.69 Å². The highest BCUT2D eigenvalue weighted by Gasteiger charge is 2.33. The van der Waals surface area contributed by atoms with Crippen LogP contribution in [0.3, 0.4) is 0 Å². The summed E-state index contributed by atoms with van der Waals surface area (Å²) in [7, 11) is 0. The monoisotopic (exact) mass is 244 g/mol. The van der Waals surface area contributed by atoms with Gasteiger partial charge >= 0.3 is 0 Å². The summed E-state index contributed by atoms with van der Waals surface area (Å²) in [5.41, 5.74) is 8.30. The second-order valence-corrected chi connectivity index (χ2v) is 5.82. The Morgan fingerprint density at radius 3 is 2.39 bits per heavy atom. The molecule has 2 fully saturated rings. The third kappa shape index (κ3) is 2.26. The van der Waals surface area contributed by atoms with E-state index in [0.717, 1.165) is 12.0 Å². The van der Waals surface area contributed by atoms with Crippen LogP contribution in [0.2, 0.25) is 0 Å². The molecule has 1 saturated carbocycles. The molecular weight excluding hydrogens is 220 g/mol. The molecule has 3 rings (SSSR count). The van der Waals surface area contributed by atoms with Crippen LogP contribution in [0.5, 0.6) is 0 Å². The Balaban J connectivity index is 1.76. The van der Waals surface area contributed by atoms with E-state index in [-0.39, 0.29) is 0 Å². The van der Waals surface area contributed by atoms with Gasteiger partial charge in [-0.15, -0.1) is 0 Å². The van der Waals surface area contributed by atoms with Gasteiger partial charge in [-0.05, 0) is 49.3 Å². The van der Waals surface area contributed by atoms with Crippen molar-refractivity contribution in [1.29, 1.82) is 0 Å². The van der Waals surface area contributed by atoms with Crippen molar-refractivity contribution in [3.63, 3.8) is 0 Å². The van der Waals surface area contributed by atoms with Crippen molar-refractivity contribution in [2.75, 3.05) is 11.4 Å². The lowest BCUT2D eigenvalue weighted by Crippen LogP contribution is -2.34. The molecule has 2 N–H and O–H groups in total. The fraction of sp³-hybridized carbons (Fsp3) is 0.625. The third-order valence-corrected chi connectivity index (χ3v) is 4.75. The largest absolute Gasteiger partial charge is 0.368 e. The maximum Gasteiger partial charge on any atom is 0.0369 e. The predicted molar refractivity (Wildman–Crippen MR) is 76.7 cm³/mol. The van der Waals surface area contributed by atoms with Crippen LogP contribution >= 0.6 is 0 Å². The van der Waals surface area contributed by atoms with Crippen LogP contribution in [0.1, 0.15) is 44.1 Å². The number of nitrogens with two attached hydrogens (primary N) is 1. The summed E-state index contributed by atoms with van der Waals surface area (Å²) >= 11 is 0. The van der Waals surface area contributed by atoms with Crippen molar-refractivity contribution in [3.8, 4) is 0 Å². The average Bonchev–Trinajstić information content (AvgIpc) is 3.09. The van der Waals surface area contributed by atoms with Gasteiger partial charge in [0.05, 0.1) is 0 Å². The summed E-state index contributed by atoms with van der Waals surface area (Å²) in [6.07, 6.45) is 8.54. The van der Waals surface area contributed by atoms with Gasteiger partial charge in [-0.3, -0.25) is 0 Å². The maximum atomic E-state index is 5.67. The Labute approximate surface area is 110 Å². The van der Waals surface area contributed by atoms with Gasteiger partial charge in [-0.1, -0.05) is 25.0 Å². The van der Waals surface area contributed by atoms with Gasteiger partial charge in [0.15, 0.2) is 0 Å². The molecule has 2 nitrogen and oxygen atoms in total. The molecule has 1 aliphatic heterocycles. The summed E-state index contributed by atoms with van der Waals surface area (Å²) < 4.78 is 0. The Morgan fingerprint density at radius 1 is 1.00 bits per heavy atom. The van der Waals surface area contributed by atoms with Gasteiger partial charge in [0.25, 0.3) is 0 Å². The van der Waals surface area contributed by atoms with Crippen LogP contribution in [0.15, 0.2) is 24.3 Å². The SMILES string of the molecule is NCc1ccc(N2CCCC2C2CCCC2)cc1. The van der Waals surface area contributed by atoms with Crippen molar-refractivity contribution >= 4 is 5.69 Å². The minimum absolute atomic E-state index is 0.645. The standard InChI is InChI=1S/C16H24N2/c17-12-13-7-9-15(10-8-13)18-11-3-6-16(18)14-4-1-2-5-14/h7-10,14,16H,1-6,11-12,17H2.